The first-order chi connectivity index (χ1) is 13.1. The van der Waals surface area contributed by atoms with Crippen molar-refractivity contribution in [1.29, 1.82) is 0 Å². The Bertz CT molecular complexity index is 575. The van der Waals surface area contributed by atoms with E-state index in [0.29, 0.717) is 31.7 Å². The quantitative estimate of drug-likeness (QED) is 0.402. The van der Waals surface area contributed by atoms with Crippen molar-refractivity contribution in [2.75, 3.05) is 20.0 Å². The fraction of sp³-hybridized carbons (Fsp3) is 0.857. The Morgan fingerprint density at radius 3 is 2.15 bits per heavy atom. The highest BCUT2D eigenvalue weighted by atomic mass is 16.7. The van der Waals surface area contributed by atoms with Gasteiger partial charge in [-0.25, -0.2) is 4.79 Å². The molecule has 0 amide bonds. The molecule has 4 saturated carbocycles. The van der Waals surface area contributed by atoms with Crippen LogP contribution in [0.5, 0.6) is 0 Å². The van der Waals surface area contributed by atoms with Gasteiger partial charge in [-0.15, -0.1) is 0 Å². The zero-order chi connectivity index (χ0) is 18.5. The molecule has 0 aromatic heterocycles. The number of carbonyl (C=O) groups excluding carboxylic acids is 1. The smallest absolute Gasteiger partial charge is 0.333 e. The Morgan fingerprint density at radius 2 is 1.52 bits per heavy atom. The summed E-state index contributed by atoms with van der Waals surface area (Å²) in [6.07, 6.45) is 6.16. The van der Waals surface area contributed by atoms with Crippen LogP contribution in [-0.2, 0) is 28.5 Å². The molecule has 27 heavy (non-hydrogen) atoms. The summed E-state index contributed by atoms with van der Waals surface area (Å²) in [6, 6.07) is 0. The number of hydrogen-bond acceptors (Lipinski definition) is 6. The van der Waals surface area contributed by atoms with Gasteiger partial charge in [0.05, 0.1) is 19.3 Å². The Hall–Kier alpha value is -0.950. The summed E-state index contributed by atoms with van der Waals surface area (Å²) in [4.78, 5) is 11.8. The Morgan fingerprint density at radius 1 is 0.926 bits per heavy atom. The molecule has 6 nitrogen and oxygen atoms in total. The molecule has 2 aliphatic heterocycles. The molecular weight excluding hydrogens is 348 g/mol. The summed E-state index contributed by atoms with van der Waals surface area (Å²) in [6.45, 7) is 6.33. The average molecular weight is 378 g/mol. The third kappa shape index (κ3) is 3.35. The molecule has 0 radical (unpaired) electrons. The SMILES string of the molecule is C=C(C)C(=O)O[C@H]1CO[C@H]2[C@@H]1OC[C@H]2OCOC1C2CC3CC(C2)CC1C3. The number of carbonyl (C=O) groups is 1. The first kappa shape index (κ1) is 18.1. The Balaban J connectivity index is 1.10. The molecule has 0 unspecified atom stereocenters. The van der Waals surface area contributed by atoms with Crippen LogP contribution in [0, 0.1) is 23.7 Å². The highest BCUT2D eigenvalue weighted by Crippen LogP contribution is 2.54. The van der Waals surface area contributed by atoms with E-state index in [-0.39, 0.29) is 18.3 Å². The summed E-state index contributed by atoms with van der Waals surface area (Å²) in [5.74, 6) is 2.95. The van der Waals surface area contributed by atoms with Crippen molar-refractivity contribution in [1.82, 2.24) is 0 Å². The molecule has 0 aromatic carbocycles. The van der Waals surface area contributed by atoms with Gasteiger partial charge in [-0.1, -0.05) is 6.58 Å². The summed E-state index contributed by atoms with van der Waals surface area (Å²) >= 11 is 0. The van der Waals surface area contributed by atoms with Crippen molar-refractivity contribution >= 4 is 5.97 Å². The molecule has 6 heteroatoms. The van der Waals surface area contributed by atoms with Crippen LogP contribution in [0.3, 0.4) is 0 Å². The minimum atomic E-state index is -0.401. The van der Waals surface area contributed by atoms with E-state index in [1.54, 1.807) is 6.92 Å². The van der Waals surface area contributed by atoms with Crippen LogP contribution < -0.4 is 0 Å². The molecule has 4 atom stereocenters. The van der Waals surface area contributed by atoms with E-state index in [0.717, 1.165) is 23.7 Å². The Kier molecular flexibility index (Phi) is 4.79. The van der Waals surface area contributed by atoms with Crippen LogP contribution in [0.4, 0.5) is 0 Å². The molecule has 2 heterocycles. The van der Waals surface area contributed by atoms with E-state index >= 15 is 0 Å². The lowest BCUT2D eigenvalue weighted by molar-refractivity contribution is -0.194. The van der Waals surface area contributed by atoms with Crippen molar-refractivity contribution < 1.29 is 28.5 Å². The van der Waals surface area contributed by atoms with Gasteiger partial charge in [0.15, 0.2) is 6.10 Å². The molecular formula is C21H30O6. The molecule has 0 spiro atoms. The van der Waals surface area contributed by atoms with Gasteiger partial charge >= 0.3 is 5.97 Å². The van der Waals surface area contributed by atoms with E-state index in [4.69, 9.17) is 23.7 Å². The maximum Gasteiger partial charge on any atom is 0.333 e. The number of esters is 1. The second-order valence-electron chi connectivity index (χ2n) is 9.20. The van der Waals surface area contributed by atoms with E-state index in [2.05, 4.69) is 6.58 Å². The average Bonchev–Trinajstić information content (AvgIpc) is 3.20. The predicted octanol–water partition coefficient (Wildman–Crippen LogP) is 2.46. The first-order valence-corrected chi connectivity index (χ1v) is 10.4. The van der Waals surface area contributed by atoms with Gasteiger partial charge in [-0.3, -0.25) is 0 Å². The van der Waals surface area contributed by atoms with Crippen LogP contribution in [0.1, 0.15) is 39.0 Å². The molecule has 2 saturated heterocycles. The number of hydrogen-bond donors (Lipinski definition) is 0. The van der Waals surface area contributed by atoms with Crippen LogP contribution >= 0.6 is 0 Å². The lowest BCUT2D eigenvalue weighted by Crippen LogP contribution is -2.49. The second-order valence-corrected chi connectivity index (χ2v) is 9.20. The van der Waals surface area contributed by atoms with E-state index < -0.39 is 12.1 Å². The predicted molar refractivity (Wildman–Crippen MR) is 95.8 cm³/mol. The number of ether oxygens (including phenoxy) is 5. The van der Waals surface area contributed by atoms with E-state index in [1.807, 2.05) is 0 Å². The summed E-state index contributed by atoms with van der Waals surface area (Å²) in [5.41, 5.74) is 0.383. The van der Waals surface area contributed by atoms with Gasteiger partial charge in [-0.2, -0.15) is 0 Å². The minimum Gasteiger partial charge on any atom is -0.454 e. The standard InChI is InChI=1S/C21H30O6/c1-11(2)21(22)27-17-9-24-19-16(8-23-20(17)19)25-10-26-18-14-4-12-3-13(6-14)7-15(18)5-12/h12-20H,1,3-10H2,2H3/t12?,13?,14?,15?,16-,17+,18?,19-,20-/m1/s1. The van der Waals surface area contributed by atoms with Gasteiger partial charge in [0.2, 0.25) is 0 Å². The third-order valence-electron chi connectivity index (χ3n) is 7.25. The van der Waals surface area contributed by atoms with Crippen LogP contribution in [0.25, 0.3) is 0 Å². The number of rotatable bonds is 6. The monoisotopic (exact) mass is 378 g/mol. The van der Waals surface area contributed by atoms with Gasteiger partial charge < -0.3 is 23.7 Å². The van der Waals surface area contributed by atoms with E-state index in [9.17, 15) is 4.79 Å². The van der Waals surface area contributed by atoms with Gasteiger partial charge in [-0.05, 0) is 62.7 Å². The van der Waals surface area contributed by atoms with Crippen molar-refractivity contribution in [3.05, 3.63) is 12.2 Å². The molecule has 0 aromatic rings. The maximum atomic E-state index is 11.8. The molecule has 150 valence electrons. The lowest BCUT2D eigenvalue weighted by Gasteiger charge is -2.53. The van der Waals surface area contributed by atoms with Crippen LogP contribution in [-0.4, -0.2) is 56.5 Å². The van der Waals surface area contributed by atoms with E-state index in [1.165, 1.54) is 32.1 Å². The fourth-order valence-corrected chi connectivity index (χ4v) is 6.26. The van der Waals surface area contributed by atoms with Crippen molar-refractivity contribution in [2.24, 2.45) is 23.7 Å². The Labute approximate surface area is 160 Å². The minimum absolute atomic E-state index is 0.166. The summed E-state index contributed by atoms with van der Waals surface area (Å²) in [5, 5.41) is 0. The molecule has 4 bridgehead atoms. The van der Waals surface area contributed by atoms with Gasteiger partial charge in [0, 0.05) is 5.57 Å². The fourth-order valence-electron chi connectivity index (χ4n) is 6.26. The summed E-state index contributed by atoms with van der Waals surface area (Å²) in [7, 11) is 0. The summed E-state index contributed by atoms with van der Waals surface area (Å²) < 4.78 is 29.3. The van der Waals surface area contributed by atoms with Crippen molar-refractivity contribution in [3.8, 4) is 0 Å². The van der Waals surface area contributed by atoms with Gasteiger partial charge in [0.1, 0.15) is 25.1 Å². The topological polar surface area (TPSA) is 63.2 Å². The normalized spacial score (nSPS) is 47.2. The first-order valence-electron chi connectivity index (χ1n) is 10.4. The van der Waals surface area contributed by atoms with Crippen molar-refractivity contribution in [2.45, 2.75) is 69.5 Å². The zero-order valence-corrected chi connectivity index (χ0v) is 16.0. The third-order valence-corrected chi connectivity index (χ3v) is 7.25. The van der Waals surface area contributed by atoms with Crippen LogP contribution in [0.15, 0.2) is 12.2 Å². The zero-order valence-electron chi connectivity index (χ0n) is 16.0. The molecule has 4 aliphatic carbocycles. The highest BCUT2D eigenvalue weighted by Gasteiger charge is 2.51. The molecule has 6 aliphatic rings. The maximum absolute atomic E-state index is 11.8. The second kappa shape index (κ2) is 7.14. The lowest BCUT2D eigenvalue weighted by atomic mass is 9.55. The highest BCUT2D eigenvalue weighted by molar-refractivity contribution is 5.87. The molecule has 6 fully saturated rings. The largest absolute Gasteiger partial charge is 0.454 e. The van der Waals surface area contributed by atoms with Crippen LogP contribution in [0.2, 0.25) is 0 Å². The van der Waals surface area contributed by atoms with Gasteiger partial charge in [0.25, 0.3) is 0 Å². The molecule has 6 rings (SSSR count). The molecule has 0 N–H and O–H groups in total. The van der Waals surface area contributed by atoms with Crippen molar-refractivity contribution in [3.63, 3.8) is 0 Å². The number of fused-ring (bicyclic) bond motifs is 1.